The van der Waals surface area contributed by atoms with Gasteiger partial charge in [0.1, 0.15) is 30.1 Å². The molecule has 1 amide bonds. The zero-order valence-corrected chi connectivity index (χ0v) is 14.9. The highest BCUT2D eigenvalue weighted by molar-refractivity contribution is 5.73. The minimum absolute atomic E-state index is 0.273. The van der Waals surface area contributed by atoms with E-state index < -0.39 is 36.4 Å². The summed E-state index contributed by atoms with van der Waals surface area (Å²) in [4.78, 5) is 11.6. The maximum absolute atomic E-state index is 11.6. The Hall–Kier alpha value is -1.67. The van der Waals surface area contributed by atoms with E-state index in [1.165, 1.54) is 6.92 Å². The summed E-state index contributed by atoms with van der Waals surface area (Å²) in [5.41, 5.74) is 1.10. The Morgan fingerprint density at radius 2 is 2.00 bits per heavy atom. The molecule has 2 saturated heterocycles. The number of carbonyl (C=O) groups is 1. The van der Waals surface area contributed by atoms with Crippen LogP contribution < -0.4 is 10.1 Å². The van der Waals surface area contributed by atoms with E-state index in [9.17, 15) is 9.90 Å². The van der Waals surface area contributed by atoms with Gasteiger partial charge in [-0.05, 0) is 32.9 Å². The van der Waals surface area contributed by atoms with Crippen molar-refractivity contribution in [1.82, 2.24) is 5.32 Å². The van der Waals surface area contributed by atoms with Crippen molar-refractivity contribution < 1.29 is 28.8 Å². The first kappa shape index (κ1) is 18.1. The zero-order valence-electron chi connectivity index (χ0n) is 14.9. The van der Waals surface area contributed by atoms with Crippen LogP contribution in [0.25, 0.3) is 0 Å². The Kier molecular flexibility index (Phi) is 5.02. The molecular weight excluding hydrogens is 326 g/mol. The number of hydrogen-bond donors (Lipinski definition) is 2. The van der Waals surface area contributed by atoms with Crippen LogP contribution in [-0.2, 0) is 19.0 Å². The SMILES string of the molecule is CC(=O)N[C@@H]1[C@H](Oc2ccc(C)cc2)O[C@H]2COC(C)(C)O[C@@H]2[C@H]1O. The van der Waals surface area contributed by atoms with Gasteiger partial charge in [-0.3, -0.25) is 4.79 Å². The molecule has 2 aliphatic rings. The van der Waals surface area contributed by atoms with Gasteiger partial charge >= 0.3 is 0 Å². The highest BCUT2D eigenvalue weighted by atomic mass is 16.8. The lowest BCUT2D eigenvalue weighted by Crippen LogP contribution is -2.69. The van der Waals surface area contributed by atoms with E-state index in [0.29, 0.717) is 5.75 Å². The Morgan fingerprint density at radius 3 is 2.64 bits per heavy atom. The summed E-state index contributed by atoms with van der Waals surface area (Å²) in [5.74, 6) is -0.513. The van der Waals surface area contributed by atoms with Gasteiger partial charge < -0.3 is 29.4 Å². The van der Waals surface area contributed by atoms with Gasteiger partial charge in [0.2, 0.25) is 12.2 Å². The molecular formula is C18H25NO6. The molecule has 0 saturated carbocycles. The van der Waals surface area contributed by atoms with Crippen molar-refractivity contribution in [2.45, 2.75) is 64.1 Å². The van der Waals surface area contributed by atoms with E-state index in [1.54, 1.807) is 13.8 Å². The van der Waals surface area contributed by atoms with Crippen molar-refractivity contribution in [3.63, 3.8) is 0 Å². The summed E-state index contributed by atoms with van der Waals surface area (Å²) < 4.78 is 23.3. The summed E-state index contributed by atoms with van der Waals surface area (Å²) in [5, 5.41) is 13.5. The predicted molar refractivity (Wildman–Crippen MR) is 89.0 cm³/mol. The van der Waals surface area contributed by atoms with Crippen molar-refractivity contribution in [2.75, 3.05) is 6.61 Å². The summed E-state index contributed by atoms with van der Waals surface area (Å²) in [6.07, 6.45) is -2.93. The van der Waals surface area contributed by atoms with Crippen LogP contribution >= 0.6 is 0 Å². The van der Waals surface area contributed by atoms with E-state index in [4.69, 9.17) is 18.9 Å². The maximum atomic E-state index is 11.6. The third-order valence-electron chi connectivity index (χ3n) is 4.33. The highest BCUT2D eigenvalue weighted by Crippen LogP contribution is 2.33. The van der Waals surface area contributed by atoms with Gasteiger partial charge in [-0.25, -0.2) is 0 Å². The first-order valence-electron chi connectivity index (χ1n) is 8.41. The fourth-order valence-corrected chi connectivity index (χ4v) is 3.08. The quantitative estimate of drug-likeness (QED) is 0.849. The van der Waals surface area contributed by atoms with Gasteiger partial charge in [-0.2, -0.15) is 0 Å². The number of aryl methyl sites for hydroxylation is 1. The van der Waals surface area contributed by atoms with E-state index >= 15 is 0 Å². The van der Waals surface area contributed by atoms with Crippen LogP contribution in [0.1, 0.15) is 26.3 Å². The fourth-order valence-electron chi connectivity index (χ4n) is 3.08. The molecule has 0 aromatic heterocycles. The standard InChI is InChI=1S/C18H25NO6/c1-10-5-7-12(8-6-10)23-17-14(19-11(2)20)15(21)16-13(24-17)9-22-18(3,4)25-16/h5-8,13-17,21H,9H2,1-4H3,(H,19,20)/t13-,14-,15-,16-,17+/m0/s1. The molecule has 2 N–H and O–H groups in total. The number of aliphatic hydroxyl groups excluding tert-OH is 1. The Bertz CT molecular complexity index is 616. The molecule has 2 fully saturated rings. The van der Waals surface area contributed by atoms with Crippen LogP contribution in [0.4, 0.5) is 0 Å². The molecule has 0 radical (unpaired) electrons. The molecule has 0 bridgehead atoms. The third kappa shape index (κ3) is 4.12. The second kappa shape index (κ2) is 6.92. The highest BCUT2D eigenvalue weighted by Gasteiger charge is 2.52. The van der Waals surface area contributed by atoms with Crippen LogP contribution in [0.15, 0.2) is 24.3 Å². The van der Waals surface area contributed by atoms with Crippen LogP contribution in [-0.4, -0.2) is 54.1 Å². The minimum Gasteiger partial charge on any atom is -0.463 e. The molecule has 7 nitrogen and oxygen atoms in total. The second-order valence-corrected chi connectivity index (χ2v) is 6.98. The first-order chi connectivity index (χ1) is 11.7. The average molecular weight is 351 g/mol. The zero-order chi connectivity index (χ0) is 18.2. The molecule has 0 unspecified atom stereocenters. The van der Waals surface area contributed by atoms with Crippen LogP contribution in [0.2, 0.25) is 0 Å². The van der Waals surface area contributed by atoms with Gasteiger partial charge in [0.25, 0.3) is 0 Å². The fraction of sp³-hybridized carbons (Fsp3) is 0.611. The van der Waals surface area contributed by atoms with Crippen molar-refractivity contribution >= 4 is 5.91 Å². The van der Waals surface area contributed by atoms with Crippen molar-refractivity contribution in [3.8, 4) is 5.75 Å². The number of aliphatic hydroxyl groups is 1. The van der Waals surface area contributed by atoms with Crippen molar-refractivity contribution in [1.29, 1.82) is 0 Å². The van der Waals surface area contributed by atoms with Crippen LogP contribution in [0.3, 0.4) is 0 Å². The lowest BCUT2D eigenvalue weighted by molar-refractivity contribution is -0.361. The number of nitrogens with one attached hydrogen (secondary N) is 1. The summed E-state index contributed by atoms with van der Waals surface area (Å²) in [7, 11) is 0. The van der Waals surface area contributed by atoms with Gasteiger partial charge in [-0.15, -0.1) is 0 Å². The van der Waals surface area contributed by atoms with Crippen LogP contribution in [0, 0.1) is 6.92 Å². The lowest BCUT2D eigenvalue weighted by atomic mass is 9.95. The molecule has 3 rings (SSSR count). The topological polar surface area (TPSA) is 86.3 Å². The van der Waals surface area contributed by atoms with E-state index in [0.717, 1.165) is 5.56 Å². The summed E-state index contributed by atoms with van der Waals surface area (Å²) in [6.45, 7) is 7.19. The largest absolute Gasteiger partial charge is 0.463 e. The number of amides is 1. The number of fused-ring (bicyclic) bond motifs is 1. The molecule has 1 aromatic rings. The Morgan fingerprint density at radius 1 is 1.32 bits per heavy atom. The Labute approximate surface area is 147 Å². The molecule has 0 spiro atoms. The van der Waals surface area contributed by atoms with E-state index in [2.05, 4.69) is 5.32 Å². The molecule has 25 heavy (non-hydrogen) atoms. The van der Waals surface area contributed by atoms with Gasteiger partial charge in [0.15, 0.2) is 5.79 Å². The molecule has 138 valence electrons. The molecule has 1 aromatic carbocycles. The third-order valence-corrected chi connectivity index (χ3v) is 4.33. The molecule has 0 aliphatic carbocycles. The molecule has 5 atom stereocenters. The Balaban J connectivity index is 1.80. The van der Waals surface area contributed by atoms with Gasteiger partial charge in [0, 0.05) is 6.92 Å². The maximum Gasteiger partial charge on any atom is 0.223 e. The monoisotopic (exact) mass is 351 g/mol. The smallest absolute Gasteiger partial charge is 0.223 e. The summed E-state index contributed by atoms with van der Waals surface area (Å²) in [6, 6.07) is 6.71. The van der Waals surface area contributed by atoms with E-state index in [-0.39, 0.29) is 12.5 Å². The second-order valence-electron chi connectivity index (χ2n) is 6.98. The molecule has 2 heterocycles. The number of rotatable bonds is 3. The number of benzene rings is 1. The van der Waals surface area contributed by atoms with Crippen molar-refractivity contribution in [2.24, 2.45) is 0 Å². The van der Waals surface area contributed by atoms with Crippen molar-refractivity contribution in [3.05, 3.63) is 29.8 Å². The predicted octanol–water partition coefficient (Wildman–Crippen LogP) is 1.12. The first-order valence-corrected chi connectivity index (χ1v) is 8.41. The number of carbonyl (C=O) groups excluding carboxylic acids is 1. The number of hydrogen-bond acceptors (Lipinski definition) is 6. The van der Waals surface area contributed by atoms with Crippen LogP contribution in [0.5, 0.6) is 5.75 Å². The lowest BCUT2D eigenvalue weighted by Gasteiger charge is -2.49. The van der Waals surface area contributed by atoms with Gasteiger partial charge in [0.05, 0.1) is 6.61 Å². The van der Waals surface area contributed by atoms with E-state index in [1.807, 2.05) is 31.2 Å². The minimum atomic E-state index is -0.985. The molecule has 7 heteroatoms. The molecule has 2 aliphatic heterocycles. The normalized spacial score (nSPS) is 34.0. The van der Waals surface area contributed by atoms with Gasteiger partial charge in [-0.1, -0.05) is 17.7 Å². The summed E-state index contributed by atoms with van der Waals surface area (Å²) >= 11 is 0. The average Bonchev–Trinajstić information content (AvgIpc) is 2.53. The number of ether oxygens (including phenoxy) is 4.